The fraction of sp³-hybridized carbons (Fsp3) is 0.875. The second-order valence-electron chi connectivity index (χ2n) is 3.22. The lowest BCUT2D eigenvalue weighted by Gasteiger charge is -2.23. The molecule has 0 rings (SSSR count). The predicted molar refractivity (Wildman–Crippen MR) is 42.9 cm³/mol. The first kappa shape index (κ1) is 13.2. The number of carboxylic acids is 1. The van der Waals surface area contributed by atoms with Gasteiger partial charge < -0.3 is 9.84 Å². The molecule has 0 aliphatic carbocycles. The second-order valence-corrected chi connectivity index (χ2v) is 3.22. The highest BCUT2D eigenvalue weighted by atomic mass is 19.4. The van der Waals surface area contributed by atoms with Crippen LogP contribution in [0.25, 0.3) is 0 Å². The minimum Gasteiger partial charge on any atom is -0.481 e. The molecule has 6 heteroatoms. The molecule has 0 heterocycles. The molecule has 0 spiro atoms. The van der Waals surface area contributed by atoms with Gasteiger partial charge in [-0.3, -0.25) is 4.79 Å². The number of carboxylic acid groups (broad SMARTS) is 1. The van der Waals surface area contributed by atoms with E-state index in [9.17, 15) is 18.0 Å². The van der Waals surface area contributed by atoms with Crippen molar-refractivity contribution in [3.05, 3.63) is 0 Å². The number of rotatable bonds is 5. The fourth-order valence-electron chi connectivity index (χ4n) is 0.938. The summed E-state index contributed by atoms with van der Waals surface area (Å²) < 4.78 is 41.1. The van der Waals surface area contributed by atoms with E-state index in [1.807, 2.05) is 0 Å². The Morgan fingerprint density at radius 1 is 1.43 bits per heavy atom. The van der Waals surface area contributed by atoms with E-state index >= 15 is 0 Å². The van der Waals surface area contributed by atoms with Crippen LogP contribution >= 0.6 is 0 Å². The lowest BCUT2D eigenvalue weighted by Crippen LogP contribution is -2.36. The topological polar surface area (TPSA) is 46.5 Å². The van der Waals surface area contributed by atoms with E-state index in [1.165, 1.54) is 13.8 Å². The highest BCUT2D eigenvalue weighted by Crippen LogP contribution is 2.28. The molecular weight excluding hydrogens is 201 g/mol. The molecule has 0 saturated carbocycles. The van der Waals surface area contributed by atoms with Gasteiger partial charge in [0.1, 0.15) is 0 Å². The molecule has 0 unspecified atom stereocenters. The van der Waals surface area contributed by atoms with Crippen LogP contribution in [-0.4, -0.2) is 30.0 Å². The summed E-state index contributed by atoms with van der Waals surface area (Å²) in [4.78, 5) is 10.0. The molecule has 1 atom stereocenters. The first-order chi connectivity index (χ1) is 6.25. The Balaban J connectivity index is 4.06. The first-order valence-corrected chi connectivity index (χ1v) is 4.15. The van der Waals surface area contributed by atoms with Crippen LogP contribution < -0.4 is 0 Å². The molecule has 0 amide bonds. The molecule has 14 heavy (non-hydrogen) atoms. The molecule has 1 N–H and O–H groups in total. The highest BCUT2D eigenvalue weighted by Gasteiger charge is 2.42. The van der Waals surface area contributed by atoms with E-state index in [4.69, 9.17) is 5.11 Å². The van der Waals surface area contributed by atoms with Gasteiger partial charge >= 0.3 is 12.1 Å². The van der Waals surface area contributed by atoms with Crippen LogP contribution in [0.1, 0.15) is 20.3 Å². The van der Waals surface area contributed by atoms with Gasteiger partial charge in [-0.15, -0.1) is 0 Å². The van der Waals surface area contributed by atoms with Gasteiger partial charge in [0.25, 0.3) is 0 Å². The molecule has 0 saturated heterocycles. The predicted octanol–water partition coefficient (Wildman–Crippen LogP) is 2.06. The van der Waals surface area contributed by atoms with Crippen molar-refractivity contribution >= 4 is 5.97 Å². The van der Waals surface area contributed by atoms with Gasteiger partial charge in [-0.2, -0.15) is 13.2 Å². The first-order valence-electron chi connectivity index (χ1n) is 4.15. The zero-order chi connectivity index (χ0) is 11.4. The van der Waals surface area contributed by atoms with Gasteiger partial charge in [-0.05, 0) is 5.92 Å². The molecular formula is C8H13F3O3. The van der Waals surface area contributed by atoms with Crippen molar-refractivity contribution in [2.75, 3.05) is 6.61 Å². The molecule has 3 nitrogen and oxygen atoms in total. The Bertz CT molecular complexity index is 189. The maximum absolute atomic E-state index is 12.2. The zero-order valence-corrected chi connectivity index (χ0v) is 7.97. The number of carbonyl (C=O) groups is 1. The monoisotopic (exact) mass is 214 g/mol. The van der Waals surface area contributed by atoms with Crippen LogP contribution in [0.15, 0.2) is 0 Å². The SMILES string of the molecule is CC(C)[C@@H](OCCC(=O)O)C(F)(F)F. The van der Waals surface area contributed by atoms with Gasteiger partial charge in [-0.1, -0.05) is 13.8 Å². The maximum Gasteiger partial charge on any atom is 0.414 e. The Morgan fingerprint density at radius 2 is 1.93 bits per heavy atom. The molecule has 0 radical (unpaired) electrons. The third kappa shape index (κ3) is 5.06. The summed E-state index contributed by atoms with van der Waals surface area (Å²) in [6.07, 6.45) is -6.74. The minimum absolute atomic E-state index is 0.417. The molecule has 0 aliphatic heterocycles. The lowest BCUT2D eigenvalue weighted by molar-refractivity contribution is -0.233. The van der Waals surface area contributed by atoms with Crippen molar-refractivity contribution in [3.63, 3.8) is 0 Å². The van der Waals surface area contributed by atoms with Gasteiger partial charge in [0, 0.05) is 0 Å². The molecule has 84 valence electrons. The number of hydrogen-bond donors (Lipinski definition) is 1. The van der Waals surface area contributed by atoms with Crippen molar-refractivity contribution < 1.29 is 27.8 Å². The Labute approximate surface area is 79.9 Å². The summed E-state index contributed by atoms with van der Waals surface area (Å²) in [5.74, 6) is -1.89. The van der Waals surface area contributed by atoms with Gasteiger partial charge in [0.05, 0.1) is 13.0 Å². The van der Waals surface area contributed by atoms with Crippen LogP contribution in [0.3, 0.4) is 0 Å². The number of alkyl halides is 3. The molecule has 0 aromatic carbocycles. The summed E-state index contributed by atoms with van der Waals surface area (Å²) in [7, 11) is 0. The summed E-state index contributed by atoms with van der Waals surface area (Å²) >= 11 is 0. The van der Waals surface area contributed by atoms with E-state index < -0.39 is 37.2 Å². The van der Waals surface area contributed by atoms with Crippen molar-refractivity contribution in [3.8, 4) is 0 Å². The smallest absolute Gasteiger partial charge is 0.414 e. The quantitative estimate of drug-likeness (QED) is 0.761. The molecule has 0 aliphatic rings. The third-order valence-corrected chi connectivity index (χ3v) is 1.54. The van der Waals surface area contributed by atoms with Gasteiger partial charge in [0.2, 0.25) is 0 Å². The van der Waals surface area contributed by atoms with Crippen molar-refractivity contribution in [2.24, 2.45) is 5.92 Å². The molecule has 0 bridgehead atoms. The molecule has 0 aromatic rings. The maximum atomic E-state index is 12.2. The number of halogens is 3. The van der Waals surface area contributed by atoms with E-state index in [-0.39, 0.29) is 0 Å². The zero-order valence-electron chi connectivity index (χ0n) is 7.97. The van der Waals surface area contributed by atoms with Crippen LogP contribution in [0, 0.1) is 5.92 Å². The van der Waals surface area contributed by atoms with Crippen LogP contribution in [0.2, 0.25) is 0 Å². The highest BCUT2D eigenvalue weighted by molar-refractivity contribution is 5.66. The normalized spacial score (nSPS) is 14.4. The summed E-state index contributed by atoms with van der Waals surface area (Å²) in [6, 6.07) is 0. The summed E-state index contributed by atoms with van der Waals surface area (Å²) in [5, 5.41) is 8.21. The number of hydrogen-bond acceptors (Lipinski definition) is 2. The Hall–Kier alpha value is -0.780. The van der Waals surface area contributed by atoms with Gasteiger partial charge in [0.15, 0.2) is 6.10 Å². The summed E-state index contributed by atoms with van der Waals surface area (Å²) in [6.45, 7) is 2.33. The van der Waals surface area contributed by atoms with E-state index in [0.717, 1.165) is 0 Å². The minimum atomic E-state index is -4.44. The Kier molecular flexibility index (Phi) is 4.90. The summed E-state index contributed by atoms with van der Waals surface area (Å²) in [5.41, 5.74) is 0. The fourth-order valence-corrected chi connectivity index (χ4v) is 0.938. The van der Waals surface area contributed by atoms with Crippen LogP contribution in [0.4, 0.5) is 13.2 Å². The Morgan fingerprint density at radius 3 is 2.21 bits per heavy atom. The van der Waals surface area contributed by atoms with Crippen molar-refractivity contribution in [2.45, 2.75) is 32.5 Å². The largest absolute Gasteiger partial charge is 0.481 e. The van der Waals surface area contributed by atoms with Crippen molar-refractivity contribution in [1.29, 1.82) is 0 Å². The third-order valence-electron chi connectivity index (χ3n) is 1.54. The average molecular weight is 214 g/mol. The molecule has 0 fully saturated rings. The molecule has 0 aromatic heterocycles. The second kappa shape index (κ2) is 5.19. The van der Waals surface area contributed by atoms with Crippen LogP contribution in [-0.2, 0) is 9.53 Å². The standard InChI is InChI=1S/C8H13F3O3/c1-5(2)7(8(9,10)11)14-4-3-6(12)13/h5,7H,3-4H2,1-2H3,(H,12,13)/t7-/m1/s1. The van der Waals surface area contributed by atoms with Crippen LogP contribution in [0.5, 0.6) is 0 Å². The van der Waals surface area contributed by atoms with E-state index in [0.29, 0.717) is 0 Å². The number of ether oxygens (including phenoxy) is 1. The van der Waals surface area contributed by atoms with E-state index in [1.54, 1.807) is 0 Å². The van der Waals surface area contributed by atoms with Gasteiger partial charge in [-0.25, -0.2) is 0 Å². The van der Waals surface area contributed by atoms with Crippen molar-refractivity contribution in [1.82, 2.24) is 0 Å². The average Bonchev–Trinajstić information content (AvgIpc) is 1.94. The van der Waals surface area contributed by atoms with E-state index in [2.05, 4.69) is 4.74 Å². The lowest BCUT2D eigenvalue weighted by atomic mass is 10.1. The number of aliphatic carboxylic acids is 1.